The summed E-state index contributed by atoms with van der Waals surface area (Å²) in [5, 5.41) is 6.68. The molecule has 0 amide bonds. The fourth-order valence-electron chi connectivity index (χ4n) is 4.43. The number of hydrogen-bond donors (Lipinski definition) is 2. The molecule has 3 aromatic rings. The summed E-state index contributed by atoms with van der Waals surface area (Å²) in [6.45, 7) is 0. The van der Waals surface area contributed by atoms with Gasteiger partial charge in [-0.05, 0) is 35.9 Å². The zero-order valence-electron chi connectivity index (χ0n) is 16.1. The highest BCUT2D eigenvalue weighted by molar-refractivity contribution is 5.90. The molecule has 3 nitrogen and oxygen atoms in total. The molecule has 1 aliphatic carbocycles. The molecule has 0 radical (unpaired) electrons. The van der Waals surface area contributed by atoms with Crippen LogP contribution in [0, 0.1) is 17.6 Å². The molecule has 0 fully saturated rings. The van der Waals surface area contributed by atoms with E-state index in [-0.39, 0.29) is 17.3 Å². The van der Waals surface area contributed by atoms with Crippen molar-refractivity contribution in [3.8, 4) is 0 Å². The largest absolute Gasteiger partial charge is 0.375 e. The lowest BCUT2D eigenvalue weighted by Crippen LogP contribution is -2.34. The molecule has 0 bridgehead atoms. The summed E-state index contributed by atoms with van der Waals surface area (Å²) in [6.07, 6.45) is 2.36. The number of carbonyl (C=O) groups excluding carboxylic acids is 1. The Balaban J connectivity index is 1.66. The van der Waals surface area contributed by atoms with Gasteiger partial charge in [-0.15, -0.1) is 0 Å². The van der Waals surface area contributed by atoms with Gasteiger partial charge in [0.15, 0.2) is 0 Å². The Hall–Kier alpha value is -3.47. The second-order valence-electron chi connectivity index (χ2n) is 7.75. The summed E-state index contributed by atoms with van der Waals surface area (Å²) in [6, 6.07) is 20.0. The lowest BCUT2D eigenvalue weighted by molar-refractivity contribution is -0.122. The third-order valence-electron chi connectivity index (χ3n) is 5.86. The summed E-state index contributed by atoms with van der Waals surface area (Å²) in [7, 11) is 0. The van der Waals surface area contributed by atoms with Gasteiger partial charge in [0.25, 0.3) is 0 Å². The topological polar surface area (TPSA) is 41.1 Å². The zero-order valence-corrected chi connectivity index (χ0v) is 16.1. The summed E-state index contributed by atoms with van der Waals surface area (Å²) in [5.74, 6) is -1.79. The third kappa shape index (κ3) is 3.26. The number of anilines is 2. The Morgan fingerprint density at radius 3 is 2.40 bits per heavy atom. The Kier molecular flexibility index (Phi) is 4.58. The molecule has 1 aliphatic heterocycles. The van der Waals surface area contributed by atoms with E-state index in [9.17, 15) is 13.6 Å². The maximum Gasteiger partial charge on any atom is 0.145 e. The molecule has 3 aromatic carbocycles. The monoisotopic (exact) mass is 402 g/mol. The number of rotatable bonds is 2. The van der Waals surface area contributed by atoms with Crippen molar-refractivity contribution >= 4 is 17.2 Å². The predicted octanol–water partition coefficient (Wildman–Crippen LogP) is 5.80. The van der Waals surface area contributed by atoms with Gasteiger partial charge in [-0.3, -0.25) is 4.79 Å². The lowest BCUT2D eigenvalue weighted by Gasteiger charge is -2.32. The molecule has 2 aliphatic rings. The van der Waals surface area contributed by atoms with Crippen LogP contribution < -0.4 is 10.6 Å². The summed E-state index contributed by atoms with van der Waals surface area (Å²) < 4.78 is 28.7. The molecular formula is C25H20F2N2O. The lowest BCUT2D eigenvalue weighted by atomic mass is 9.76. The number of fused-ring (bicyclic) bond motifs is 2. The standard InChI is InChI=1S/C25H20F2N2O/c26-17-10-11-19(27)18(14-17)25-24-22(28-20-8-4-5-9-21(20)29-25)12-16(13-23(24)30)15-6-2-1-3-7-15/h1-12,14,16,24-25,28-29H,13H2. The van der Waals surface area contributed by atoms with Crippen LogP contribution in [0.2, 0.25) is 0 Å². The molecule has 5 rings (SSSR count). The molecule has 0 saturated carbocycles. The number of carbonyl (C=O) groups is 1. The molecule has 3 atom stereocenters. The van der Waals surface area contributed by atoms with E-state index in [0.717, 1.165) is 29.1 Å². The van der Waals surface area contributed by atoms with Crippen LogP contribution in [0.1, 0.15) is 29.5 Å². The molecular weight excluding hydrogens is 382 g/mol. The SMILES string of the molecule is O=C1CC(c2ccccc2)C=C2Nc3ccccc3NC(c3cc(F)ccc3F)C12. The van der Waals surface area contributed by atoms with Gasteiger partial charge in [0.05, 0.1) is 23.3 Å². The minimum Gasteiger partial charge on any atom is -0.375 e. The number of hydrogen-bond acceptors (Lipinski definition) is 3. The van der Waals surface area contributed by atoms with Crippen molar-refractivity contribution in [2.45, 2.75) is 18.4 Å². The fourth-order valence-corrected chi connectivity index (χ4v) is 4.43. The molecule has 5 heteroatoms. The van der Waals surface area contributed by atoms with Gasteiger partial charge >= 0.3 is 0 Å². The van der Waals surface area contributed by atoms with Gasteiger partial charge in [0.1, 0.15) is 17.4 Å². The minimum absolute atomic E-state index is 0.0113. The molecule has 1 heterocycles. The summed E-state index contributed by atoms with van der Waals surface area (Å²) in [4.78, 5) is 13.4. The van der Waals surface area contributed by atoms with Crippen molar-refractivity contribution in [3.05, 3.63) is 107 Å². The van der Waals surface area contributed by atoms with E-state index in [2.05, 4.69) is 16.7 Å². The highest BCUT2D eigenvalue weighted by atomic mass is 19.1. The van der Waals surface area contributed by atoms with Gasteiger partial charge in [-0.1, -0.05) is 48.5 Å². The van der Waals surface area contributed by atoms with E-state index < -0.39 is 23.6 Å². The number of Topliss-reactive ketones (excluding diaryl/α,β-unsaturated/α-hetero) is 1. The van der Waals surface area contributed by atoms with Crippen molar-refractivity contribution < 1.29 is 13.6 Å². The van der Waals surface area contributed by atoms with Crippen LogP contribution >= 0.6 is 0 Å². The van der Waals surface area contributed by atoms with Gasteiger partial charge in [0.2, 0.25) is 0 Å². The molecule has 2 N–H and O–H groups in total. The molecule has 30 heavy (non-hydrogen) atoms. The van der Waals surface area contributed by atoms with E-state index in [4.69, 9.17) is 0 Å². The maximum atomic E-state index is 14.7. The Morgan fingerprint density at radius 1 is 0.867 bits per heavy atom. The summed E-state index contributed by atoms with van der Waals surface area (Å²) >= 11 is 0. The first-order valence-electron chi connectivity index (χ1n) is 9.97. The van der Waals surface area contributed by atoms with Crippen molar-refractivity contribution in [2.24, 2.45) is 5.92 Å². The van der Waals surface area contributed by atoms with Crippen molar-refractivity contribution in [1.29, 1.82) is 0 Å². The number of para-hydroxylation sites is 2. The molecule has 0 saturated heterocycles. The number of allylic oxidation sites excluding steroid dienone is 1. The highest BCUT2D eigenvalue weighted by Gasteiger charge is 2.40. The van der Waals surface area contributed by atoms with E-state index in [0.29, 0.717) is 12.1 Å². The molecule has 0 aromatic heterocycles. The second-order valence-corrected chi connectivity index (χ2v) is 7.75. The Bertz CT molecular complexity index is 1140. The maximum absolute atomic E-state index is 14.7. The van der Waals surface area contributed by atoms with Crippen LogP contribution in [0.3, 0.4) is 0 Å². The van der Waals surface area contributed by atoms with Crippen LogP contribution in [0.15, 0.2) is 84.6 Å². The Morgan fingerprint density at radius 2 is 1.60 bits per heavy atom. The van der Waals surface area contributed by atoms with Gasteiger partial charge in [-0.2, -0.15) is 0 Å². The molecule has 0 spiro atoms. The van der Waals surface area contributed by atoms with Crippen LogP contribution in [0.5, 0.6) is 0 Å². The molecule has 3 unspecified atom stereocenters. The first-order chi connectivity index (χ1) is 14.6. The van der Waals surface area contributed by atoms with Crippen molar-refractivity contribution in [1.82, 2.24) is 0 Å². The normalized spacial score (nSPS) is 22.7. The van der Waals surface area contributed by atoms with Gasteiger partial charge < -0.3 is 10.6 Å². The smallest absolute Gasteiger partial charge is 0.145 e. The average molecular weight is 402 g/mol. The quantitative estimate of drug-likeness (QED) is 0.569. The fraction of sp³-hybridized carbons (Fsp3) is 0.160. The van der Waals surface area contributed by atoms with Crippen LogP contribution in [0.25, 0.3) is 0 Å². The van der Waals surface area contributed by atoms with E-state index >= 15 is 0 Å². The van der Waals surface area contributed by atoms with Crippen molar-refractivity contribution in [3.63, 3.8) is 0 Å². The third-order valence-corrected chi connectivity index (χ3v) is 5.86. The number of ketones is 1. The number of benzene rings is 3. The molecule has 150 valence electrons. The first kappa shape index (κ1) is 18.6. The summed E-state index contributed by atoms with van der Waals surface area (Å²) in [5.41, 5.74) is 3.46. The van der Waals surface area contributed by atoms with Crippen molar-refractivity contribution in [2.75, 3.05) is 10.6 Å². The number of halogens is 2. The first-order valence-corrected chi connectivity index (χ1v) is 9.97. The van der Waals surface area contributed by atoms with E-state index in [1.54, 1.807) is 0 Å². The van der Waals surface area contributed by atoms with Crippen LogP contribution in [-0.4, -0.2) is 5.78 Å². The van der Waals surface area contributed by atoms with Gasteiger partial charge in [0, 0.05) is 23.6 Å². The minimum atomic E-state index is -0.715. The Labute approximate surface area is 173 Å². The van der Waals surface area contributed by atoms with E-state index in [1.165, 1.54) is 6.07 Å². The van der Waals surface area contributed by atoms with Crippen LogP contribution in [0.4, 0.5) is 20.2 Å². The van der Waals surface area contributed by atoms with Crippen LogP contribution in [-0.2, 0) is 4.79 Å². The zero-order chi connectivity index (χ0) is 20.7. The number of nitrogens with one attached hydrogen (secondary N) is 2. The highest BCUT2D eigenvalue weighted by Crippen LogP contribution is 2.44. The van der Waals surface area contributed by atoms with E-state index in [1.807, 2.05) is 54.6 Å². The van der Waals surface area contributed by atoms with Gasteiger partial charge in [-0.25, -0.2) is 8.78 Å². The predicted molar refractivity (Wildman–Crippen MR) is 113 cm³/mol. The average Bonchev–Trinajstić information content (AvgIpc) is 2.93. The second kappa shape index (κ2) is 7.41.